The van der Waals surface area contributed by atoms with E-state index in [4.69, 9.17) is 19.9 Å². The number of amides is 1. The van der Waals surface area contributed by atoms with Crippen LogP contribution in [0.25, 0.3) is 10.9 Å². The van der Waals surface area contributed by atoms with Crippen LogP contribution in [0.1, 0.15) is 67.7 Å². The number of carbonyl (C=O) groups excluding carboxylic acids is 1. The Morgan fingerprint density at radius 2 is 1.87 bits per heavy atom. The third-order valence-corrected chi connectivity index (χ3v) is 7.33. The average molecular weight is 582 g/mol. The standard InChI is InChI=1S/C27H33FN6O3.2ClH/c1-36-18-11-9-17(10-12-18)30-27(35)26-32-20-13-8-16(28)15-19(20)25(34-26)33-22-6-3-2-5-21(22)31-24(29)23-7-4-14-37-23;;/h4,7-8,13-15,17-18,21-22H,2-3,5-6,9-12H2,1H3,(H2,29,31)(H,30,35)(H,32,33,34);2*1H/t17?,18?,21-,22+;;/m1../s1. The predicted octanol–water partition coefficient (Wildman–Crippen LogP) is 5.02. The molecule has 0 saturated heterocycles. The number of aliphatic imine (C=N–C) groups is 1. The SMILES string of the molecule is COC1CCC(NC(=O)c2nc(N[C@H]3CCCC[C@H]3N=C(N)c3ccco3)c3cc(F)ccc3n2)CC1.Cl.Cl. The molecule has 2 fully saturated rings. The molecule has 1 aromatic carbocycles. The molecule has 2 saturated carbocycles. The maximum Gasteiger partial charge on any atom is 0.289 e. The van der Waals surface area contributed by atoms with Crippen LogP contribution in [-0.4, -0.2) is 53.1 Å². The monoisotopic (exact) mass is 580 g/mol. The van der Waals surface area contributed by atoms with Crippen LogP contribution >= 0.6 is 24.8 Å². The van der Waals surface area contributed by atoms with Gasteiger partial charge in [0, 0.05) is 24.6 Å². The first-order valence-electron chi connectivity index (χ1n) is 12.9. The van der Waals surface area contributed by atoms with Crippen molar-refractivity contribution >= 4 is 53.3 Å². The van der Waals surface area contributed by atoms with E-state index in [0.717, 1.165) is 51.4 Å². The highest BCUT2D eigenvalue weighted by atomic mass is 35.5. The number of ether oxygens (including phenoxy) is 1. The minimum Gasteiger partial charge on any atom is -0.461 e. The molecular formula is C27H35Cl2FN6O3. The number of anilines is 1. The average Bonchev–Trinajstić information content (AvgIpc) is 3.46. The summed E-state index contributed by atoms with van der Waals surface area (Å²) in [6, 6.07) is 7.68. The summed E-state index contributed by atoms with van der Waals surface area (Å²) in [5.74, 6) is 0.604. The molecular weight excluding hydrogens is 546 g/mol. The van der Waals surface area contributed by atoms with Crippen molar-refractivity contribution in [2.45, 2.75) is 75.6 Å². The lowest BCUT2D eigenvalue weighted by Gasteiger charge is -2.30. The molecule has 2 heterocycles. The van der Waals surface area contributed by atoms with E-state index in [0.29, 0.717) is 28.3 Å². The summed E-state index contributed by atoms with van der Waals surface area (Å²) in [6.45, 7) is 0. The molecule has 12 heteroatoms. The number of amidine groups is 1. The molecule has 1 amide bonds. The molecule has 0 radical (unpaired) electrons. The van der Waals surface area contributed by atoms with E-state index >= 15 is 0 Å². The van der Waals surface area contributed by atoms with E-state index in [-0.39, 0.29) is 60.8 Å². The van der Waals surface area contributed by atoms with Gasteiger partial charge in [0.2, 0.25) is 5.82 Å². The molecule has 2 aromatic heterocycles. The van der Waals surface area contributed by atoms with E-state index in [9.17, 15) is 9.18 Å². The number of hydrogen-bond acceptors (Lipinski definition) is 7. The van der Waals surface area contributed by atoms with Crippen LogP contribution < -0.4 is 16.4 Å². The molecule has 0 unspecified atom stereocenters. The summed E-state index contributed by atoms with van der Waals surface area (Å²) >= 11 is 0. The van der Waals surface area contributed by atoms with Gasteiger partial charge in [-0.15, -0.1) is 24.8 Å². The van der Waals surface area contributed by atoms with Crippen molar-refractivity contribution in [2.75, 3.05) is 12.4 Å². The van der Waals surface area contributed by atoms with Gasteiger partial charge >= 0.3 is 0 Å². The van der Waals surface area contributed by atoms with Crippen molar-refractivity contribution in [3.05, 3.63) is 54.0 Å². The number of nitrogens with two attached hydrogens (primary N) is 1. The second-order valence-electron chi connectivity index (χ2n) is 9.83. The third-order valence-electron chi connectivity index (χ3n) is 7.33. The van der Waals surface area contributed by atoms with Crippen molar-refractivity contribution in [1.29, 1.82) is 0 Å². The van der Waals surface area contributed by atoms with Crippen LogP contribution in [0.3, 0.4) is 0 Å². The highest BCUT2D eigenvalue weighted by molar-refractivity contribution is 5.97. The number of methoxy groups -OCH3 is 1. The summed E-state index contributed by atoms with van der Waals surface area (Å²) in [6.07, 6.45) is 9.00. The summed E-state index contributed by atoms with van der Waals surface area (Å²) in [4.78, 5) is 26.9. The molecule has 0 spiro atoms. The minimum atomic E-state index is -0.397. The van der Waals surface area contributed by atoms with Crippen LogP contribution in [0.2, 0.25) is 0 Å². The van der Waals surface area contributed by atoms with E-state index < -0.39 is 5.82 Å². The van der Waals surface area contributed by atoms with E-state index in [1.54, 1.807) is 31.6 Å². The quantitative estimate of drug-likeness (QED) is 0.264. The van der Waals surface area contributed by atoms with Gasteiger partial charge in [0.1, 0.15) is 11.6 Å². The molecule has 4 N–H and O–H groups in total. The molecule has 0 bridgehead atoms. The fourth-order valence-corrected chi connectivity index (χ4v) is 5.28. The first-order chi connectivity index (χ1) is 18.0. The summed E-state index contributed by atoms with van der Waals surface area (Å²) < 4.78 is 25.0. The smallest absolute Gasteiger partial charge is 0.289 e. The number of hydrogen-bond donors (Lipinski definition) is 3. The summed E-state index contributed by atoms with van der Waals surface area (Å²) in [5, 5.41) is 7.04. The number of carbonyl (C=O) groups is 1. The molecule has 2 atom stereocenters. The number of furan rings is 1. The number of aromatic nitrogens is 2. The van der Waals surface area contributed by atoms with Gasteiger partial charge < -0.3 is 25.5 Å². The number of halogens is 3. The maximum atomic E-state index is 14.2. The lowest BCUT2D eigenvalue weighted by atomic mass is 9.90. The first kappa shape index (κ1) is 30.6. The fourth-order valence-electron chi connectivity index (χ4n) is 5.28. The van der Waals surface area contributed by atoms with E-state index in [1.807, 2.05) is 0 Å². The van der Waals surface area contributed by atoms with Crippen LogP contribution in [0.15, 0.2) is 46.0 Å². The van der Waals surface area contributed by atoms with Gasteiger partial charge in [0.25, 0.3) is 5.91 Å². The minimum absolute atomic E-state index is 0. The van der Waals surface area contributed by atoms with Gasteiger partial charge in [-0.05, 0) is 68.9 Å². The highest BCUT2D eigenvalue weighted by Crippen LogP contribution is 2.29. The summed E-state index contributed by atoms with van der Waals surface area (Å²) in [7, 11) is 1.72. The lowest BCUT2D eigenvalue weighted by Crippen LogP contribution is -2.40. The van der Waals surface area contributed by atoms with Gasteiger partial charge in [-0.2, -0.15) is 0 Å². The van der Waals surface area contributed by atoms with Crippen molar-refractivity contribution < 1.29 is 18.3 Å². The van der Waals surface area contributed by atoms with Crippen molar-refractivity contribution in [2.24, 2.45) is 10.7 Å². The van der Waals surface area contributed by atoms with Gasteiger partial charge in [0.15, 0.2) is 11.6 Å². The van der Waals surface area contributed by atoms with Gasteiger partial charge in [-0.3, -0.25) is 9.79 Å². The van der Waals surface area contributed by atoms with Crippen LogP contribution in [0.4, 0.5) is 10.2 Å². The molecule has 2 aliphatic carbocycles. The van der Waals surface area contributed by atoms with Crippen LogP contribution in [0, 0.1) is 5.82 Å². The Kier molecular flexibility index (Phi) is 10.9. The van der Waals surface area contributed by atoms with Gasteiger partial charge in [-0.1, -0.05) is 12.8 Å². The second kappa shape index (κ2) is 13.9. The Hall–Kier alpha value is -2.95. The van der Waals surface area contributed by atoms with Crippen LogP contribution in [0.5, 0.6) is 0 Å². The van der Waals surface area contributed by atoms with Gasteiger partial charge in [0.05, 0.1) is 23.9 Å². The Morgan fingerprint density at radius 1 is 1.10 bits per heavy atom. The number of fused-ring (bicyclic) bond motifs is 1. The Bertz CT molecular complexity index is 1270. The predicted molar refractivity (Wildman–Crippen MR) is 154 cm³/mol. The van der Waals surface area contributed by atoms with E-state index in [2.05, 4.69) is 20.6 Å². The van der Waals surface area contributed by atoms with Crippen LogP contribution in [-0.2, 0) is 4.74 Å². The number of benzene rings is 1. The van der Waals surface area contributed by atoms with Crippen molar-refractivity contribution in [3.63, 3.8) is 0 Å². The highest BCUT2D eigenvalue weighted by Gasteiger charge is 2.28. The maximum absolute atomic E-state index is 14.2. The zero-order valence-corrected chi connectivity index (χ0v) is 23.4. The molecule has 0 aliphatic heterocycles. The second-order valence-corrected chi connectivity index (χ2v) is 9.83. The topological polar surface area (TPSA) is 128 Å². The molecule has 9 nitrogen and oxygen atoms in total. The van der Waals surface area contributed by atoms with Crippen molar-refractivity contribution in [3.8, 4) is 0 Å². The molecule has 5 rings (SSSR count). The molecule has 212 valence electrons. The number of rotatable bonds is 7. The Balaban J connectivity index is 0.00000210. The molecule has 3 aromatic rings. The first-order valence-corrected chi connectivity index (χ1v) is 12.9. The largest absolute Gasteiger partial charge is 0.461 e. The van der Waals surface area contributed by atoms with E-state index in [1.165, 1.54) is 12.1 Å². The van der Waals surface area contributed by atoms with Crippen molar-refractivity contribution in [1.82, 2.24) is 15.3 Å². The fraction of sp³-hybridized carbons (Fsp3) is 0.481. The third kappa shape index (κ3) is 7.38. The number of nitrogens with zero attached hydrogens (tertiary/aromatic N) is 3. The van der Waals surface area contributed by atoms with Gasteiger partial charge in [-0.25, -0.2) is 14.4 Å². The number of nitrogens with one attached hydrogen (secondary N) is 2. The lowest BCUT2D eigenvalue weighted by molar-refractivity contribution is 0.0597. The molecule has 39 heavy (non-hydrogen) atoms. The Morgan fingerprint density at radius 3 is 2.59 bits per heavy atom. The zero-order chi connectivity index (χ0) is 25.8. The normalized spacial score (nSPS) is 23.4. The molecule has 2 aliphatic rings. The Labute approximate surface area is 239 Å². The summed E-state index contributed by atoms with van der Waals surface area (Å²) in [5.41, 5.74) is 6.70. The zero-order valence-electron chi connectivity index (χ0n) is 21.8.